The summed E-state index contributed by atoms with van der Waals surface area (Å²) in [4.78, 5) is 23.4. The first kappa shape index (κ1) is 15.5. The van der Waals surface area contributed by atoms with Crippen molar-refractivity contribution in [2.24, 2.45) is 5.92 Å². The molecule has 128 valence electrons. The van der Waals surface area contributed by atoms with E-state index >= 15 is 0 Å². The third-order valence-corrected chi connectivity index (χ3v) is 5.62. The van der Waals surface area contributed by atoms with Crippen molar-refractivity contribution in [2.45, 2.75) is 63.8 Å². The molecule has 1 amide bonds. The maximum absolute atomic E-state index is 12.9. The van der Waals surface area contributed by atoms with Crippen molar-refractivity contribution in [3.05, 3.63) is 24.3 Å². The molecule has 1 atom stereocenters. The van der Waals surface area contributed by atoms with Crippen LogP contribution in [0.4, 0.5) is 0 Å². The highest BCUT2D eigenvalue weighted by Gasteiger charge is 2.30. The van der Waals surface area contributed by atoms with Crippen molar-refractivity contribution in [2.75, 3.05) is 6.54 Å². The van der Waals surface area contributed by atoms with E-state index in [0.29, 0.717) is 18.1 Å². The van der Waals surface area contributed by atoms with Gasteiger partial charge in [-0.1, -0.05) is 25.7 Å². The highest BCUT2D eigenvalue weighted by molar-refractivity contribution is 5.76. The lowest BCUT2D eigenvalue weighted by Gasteiger charge is -2.36. The van der Waals surface area contributed by atoms with E-state index in [9.17, 15) is 4.79 Å². The average Bonchev–Trinajstić information content (AvgIpc) is 3.30. The summed E-state index contributed by atoms with van der Waals surface area (Å²) in [6.45, 7) is 0.854. The second-order valence-corrected chi connectivity index (χ2v) is 7.13. The molecule has 1 aliphatic carbocycles. The molecule has 2 aromatic rings. The summed E-state index contributed by atoms with van der Waals surface area (Å²) in [6, 6.07) is 2.08. The summed E-state index contributed by atoms with van der Waals surface area (Å²) in [6.07, 6.45) is 13.6. The van der Waals surface area contributed by atoms with Crippen molar-refractivity contribution >= 4 is 11.7 Å². The fourth-order valence-corrected chi connectivity index (χ4v) is 4.32. The van der Waals surface area contributed by atoms with E-state index in [-0.39, 0.29) is 6.04 Å². The Balaban J connectivity index is 1.52. The molecule has 2 aromatic heterocycles. The van der Waals surface area contributed by atoms with Gasteiger partial charge in [0.1, 0.15) is 6.33 Å². The van der Waals surface area contributed by atoms with Gasteiger partial charge in [-0.05, 0) is 37.7 Å². The molecule has 6 nitrogen and oxygen atoms in total. The molecule has 24 heavy (non-hydrogen) atoms. The number of nitrogens with zero attached hydrogens (tertiary/aromatic N) is 5. The molecular formula is C18H25N5O. The molecular weight excluding hydrogens is 302 g/mol. The quantitative estimate of drug-likeness (QED) is 0.865. The van der Waals surface area contributed by atoms with Crippen LogP contribution < -0.4 is 0 Å². The zero-order valence-electron chi connectivity index (χ0n) is 14.1. The van der Waals surface area contributed by atoms with Crippen LogP contribution >= 0.6 is 0 Å². The van der Waals surface area contributed by atoms with Crippen molar-refractivity contribution in [1.82, 2.24) is 24.5 Å². The van der Waals surface area contributed by atoms with E-state index in [1.165, 1.54) is 32.0 Å². The maximum atomic E-state index is 12.9. The van der Waals surface area contributed by atoms with Gasteiger partial charge in [-0.3, -0.25) is 4.79 Å². The van der Waals surface area contributed by atoms with Crippen molar-refractivity contribution in [3.63, 3.8) is 0 Å². The van der Waals surface area contributed by atoms with E-state index in [2.05, 4.69) is 20.0 Å². The van der Waals surface area contributed by atoms with Crippen molar-refractivity contribution in [1.29, 1.82) is 0 Å². The zero-order chi connectivity index (χ0) is 16.4. The fraction of sp³-hybridized carbons (Fsp3) is 0.667. The number of hydrogen-bond acceptors (Lipinski definition) is 4. The molecule has 0 N–H and O–H groups in total. The smallest absolute Gasteiger partial charge is 0.252 e. The van der Waals surface area contributed by atoms with Gasteiger partial charge < -0.3 is 4.90 Å². The van der Waals surface area contributed by atoms with Crippen LogP contribution in [0.1, 0.15) is 69.5 Å². The Morgan fingerprint density at radius 1 is 1.12 bits per heavy atom. The molecule has 1 aliphatic heterocycles. The van der Waals surface area contributed by atoms with Gasteiger partial charge in [0.05, 0.1) is 11.7 Å². The van der Waals surface area contributed by atoms with E-state index in [1.807, 2.05) is 6.07 Å². The van der Waals surface area contributed by atoms with Gasteiger partial charge in [0.25, 0.3) is 5.78 Å². The molecule has 1 saturated heterocycles. The van der Waals surface area contributed by atoms with E-state index in [0.717, 1.165) is 43.8 Å². The first-order chi connectivity index (χ1) is 11.8. The van der Waals surface area contributed by atoms with Gasteiger partial charge in [-0.2, -0.15) is 14.6 Å². The maximum Gasteiger partial charge on any atom is 0.252 e. The summed E-state index contributed by atoms with van der Waals surface area (Å²) in [5.74, 6) is 1.67. The third kappa shape index (κ3) is 3.01. The molecule has 6 heteroatoms. The molecule has 0 spiro atoms. The predicted molar refractivity (Wildman–Crippen MR) is 90.3 cm³/mol. The number of fused-ring (bicyclic) bond motifs is 1. The highest BCUT2D eigenvalue weighted by atomic mass is 16.2. The Bertz CT molecular complexity index is 706. The molecule has 4 rings (SSSR count). The molecule has 0 bridgehead atoms. The van der Waals surface area contributed by atoms with Crippen LogP contribution in [0.15, 0.2) is 18.6 Å². The van der Waals surface area contributed by atoms with Gasteiger partial charge >= 0.3 is 0 Å². The van der Waals surface area contributed by atoms with E-state index in [1.54, 1.807) is 10.7 Å². The summed E-state index contributed by atoms with van der Waals surface area (Å²) < 4.78 is 1.78. The van der Waals surface area contributed by atoms with Crippen LogP contribution in [0.2, 0.25) is 0 Å². The van der Waals surface area contributed by atoms with Crippen LogP contribution in [0, 0.1) is 5.92 Å². The monoisotopic (exact) mass is 327 g/mol. The van der Waals surface area contributed by atoms with Crippen LogP contribution in [-0.4, -0.2) is 36.9 Å². The number of aromatic nitrogens is 4. The standard InChI is InChI=1S/C18H25N5O/c24-17(9-8-14-5-1-2-6-14)22-12-4-3-7-15(22)16-10-11-19-18-20-13-21-23(16)18/h10-11,13-15H,1-9,12H2/t15-/m1/s1. The predicted octanol–water partition coefficient (Wildman–Crippen LogP) is 3.15. The van der Waals surface area contributed by atoms with Crippen molar-refractivity contribution in [3.8, 4) is 0 Å². The van der Waals surface area contributed by atoms with Gasteiger partial charge in [-0.25, -0.2) is 4.98 Å². The second kappa shape index (κ2) is 6.87. The minimum atomic E-state index is 0.0991. The molecule has 0 radical (unpaired) electrons. The molecule has 0 unspecified atom stereocenters. The van der Waals surface area contributed by atoms with Crippen LogP contribution in [0.3, 0.4) is 0 Å². The second-order valence-electron chi connectivity index (χ2n) is 7.13. The molecule has 2 aliphatic rings. The van der Waals surface area contributed by atoms with Crippen LogP contribution in [-0.2, 0) is 4.79 Å². The lowest BCUT2D eigenvalue weighted by Crippen LogP contribution is -2.39. The third-order valence-electron chi connectivity index (χ3n) is 5.62. The van der Waals surface area contributed by atoms with E-state index < -0.39 is 0 Å². The first-order valence-corrected chi connectivity index (χ1v) is 9.27. The van der Waals surface area contributed by atoms with Gasteiger partial charge in [0.15, 0.2) is 0 Å². The van der Waals surface area contributed by atoms with Gasteiger partial charge in [0, 0.05) is 19.2 Å². The molecule has 1 saturated carbocycles. The fourth-order valence-electron chi connectivity index (χ4n) is 4.32. The topological polar surface area (TPSA) is 63.4 Å². The number of hydrogen-bond donors (Lipinski definition) is 0. The van der Waals surface area contributed by atoms with E-state index in [4.69, 9.17) is 0 Å². The number of carbonyl (C=O) groups is 1. The minimum absolute atomic E-state index is 0.0991. The first-order valence-electron chi connectivity index (χ1n) is 9.27. The van der Waals surface area contributed by atoms with Gasteiger partial charge in [-0.15, -0.1) is 0 Å². The number of piperidine rings is 1. The van der Waals surface area contributed by atoms with Crippen LogP contribution in [0.25, 0.3) is 5.78 Å². The lowest BCUT2D eigenvalue weighted by atomic mass is 9.96. The summed E-state index contributed by atoms with van der Waals surface area (Å²) in [5.41, 5.74) is 1.03. The Morgan fingerprint density at radius 3 is 2.83 bits per heavy atom. The normalized spacial score (nSPS) is 22.3. The highest BCUT2D eigenvalue weighted by Crippen LogP contribution is 2.33. The molecule has 3 heterocycles. The average molecular weight is 327 g/mol. The van der Waals surface area contributed by atoms with Crippen LogP contribution in [0.5, 0.6) is 0 Å². The molecule has 0 aromatic carbocycles. The zero-order valence-corrected chi connectivity index (χ0v) is 14.1. The van der Waals surface area contributed by atoms with Crippen molar-refractivity contribution < 1.29 is 4.79 Å². The summed E-state index contributed by atoms with van der Waals surface area (Å²) >= 11 is 0. The number of carbonyl (C=O) groups excluding carboxylic acids is 1. The Kier molecular flexibility index (Phi) is 4.45. The Morgan fingerprint density at radius 2 is 1.96 bits per heavy atom. The van der Waals surface area contributed by atoms with Gasteiger partial charge in [0.2, 0.25) is 5.91 Å². The summed E-state index contributed by atoms with van der Waals surface area (Å²) in [5, 5.41) is 4.30. The number of likely N-dealkylation sites (tertiary alicyclic amines) is 1. The Hall–Kier alpha value is -1.98. The molecule has 2 fully saturated rings. The minimum Gasteiger partial charge on any atom is -0.334 e. The Labute approximate surface area is 142 Å². The number of amides is 1. The number of rotatable bonds is 4. The lowest BCUT2D eigenvalue weighted by molar-refractivity contribution is -0.135. The summed E-state index contributed by atoms with van der Waals surface area (Å²) in [7, 11) is 0. The largest absolute Gasteiger partial charge is 0.334 e. The SMILES string of the molecule is O=C(CCC1CCCC1)N1CCCC[C@@H]1c1ccnc2ncnn12.